The molecule has 1 heterocycles. The second kappa shape index (κ2) is 6.92. The van der Waals surface area contributed by atoms with E-state index in [4.69, 9.17) is 0 Å². The Kier molecular flexibility index (Phi) is 5.23. The molecule has 1 N–H and O–H groups in total. The lowest BCUT2D eigenvalue weighted by atomic mass is 10.0. The third-order valence-electron chi connectivity index (χ3n) is 3.56. The van der Waals surface area contributed by atoms with Crippen molar-refractivity contribution in [2.45, 2.75) is 31.6 Å². The Hall–Kier alpha value is -1.06. The highest BCUT2D eigenvalue weighted by Crippen LogP contribution is 2.27. The molecule has 2 atom stereocenters. The van der Waals surface area contributed by atoms with Crippen molar-refractivity contribution in [2.75, 3.05) is 12.8 Å². The van der Waals surface area contributed by atoms with Crippen molar-refractivity contribution in [3.8, 4) is 0 Å². The van der Waals surface area contributed by atoms with E-state index in [0.717, 1.165) is 5.75 Å². The van der Waals surface area contributed by atoms with Crippen LogP contribution in [0.4, 0.5) is 0 Å². The van der Waals surface area contributed by atoms with Gasteiger partial charge in [-0.2, -0.15) is 11.8 Å². The summed E-state index contributed by atoms with van der Waals surface area (Å²) in [5, 5.41) is 6.68. The summed E-state index contributed by atoms with van der Waals surface area (Å²) in [6.07, 6.45) is 5.05. The lowest BCUT2D eigenvalue weighted by molar-refractivity contribution is 0.665. The molecule has 2 nitrogen and oxygen atoms in total. The number of fused-ring (bicyclic) bond motifs is 1. The fourth-order valence-corrected chi connectivity index (χ4v) is 3.25. The van der Waals surface area contributed by atoms with E-state index in [0.29, 0.717) is 11.3 Å². The van der Waals surface area contributed by atoms with Crippen molar-refractivity contribution in [1.29, 1.82) is 0 Å². The molecule has 1 aromatic heterocycles. The molecule has 0 fully saturated rings. The van der Waals surface area contributed by atoms with E-state index in [1.807, 2.05) is 31.2 Å². The number of hydrogen-bond donors (Lipinski definition) is 1. The Bertz CT molecular complexity index is 522. The third kappa shape index (κ3) is 3.48. The normalized spacial score (nSPS) is 14.5. The van der Waals surface area contributed by atoms with E-state index in [1.165, 1.54) is 22.8 Å². The first-order valence-corrected chi connectivity index (χ1v) is 7.92. The lowest BCUT2D eigenvalue weighted by Gasteiger charge is -2.20. The van der Waals surface area contributed by atoms with Gasteiger partial charge in [-0.15, -0.1) is 0 Å². The summed E-state index contributed by atoms with van der Waals surface area (Å²) in [6, 6.07) is 8.95. The van der Waals surface area contributed by atoms with E-state index in [1.54, 1.807) is 0 Å². The first kappa shape index (κ1) is 14.4. The summed E-state index contributed by atoms with van der Waals surface area (Å²) in [4.78, 5) is 4.27. The van der Waals surface area contributed by atoms with Crippen LogP contribution < -0.4 is 5.32 Å². The molecule has 3 heteroatoms. The van der Waals surface area contributed by atoms with Gasteiger partial charge in [0.1, 0.15) is 0 Å². The van der Waals surface area contributed by atoms with Crippen LogP contribution in [0.25, 0.3) is 10.8 Å². The van der Waals surface area contributed by atoms with Gasteiger partial charge < -0.3 is 5.32 Å². The molecule has 0 saturated carbocycles. The second-order valence-corrected chi connectivity index (χ2v) is 6.31. The molecule has 1 aromatic carbocycles. The van der Waals surface area contributed by atoms with Crippen molar-refractivity contribution in [1.82, 2.24) is 10.3 Å². The summed E-state index contributed by atoms with van der Waals surface area (Å²) >= 11 is 2.03. The number of thioether (sulfide) groups is 1. The van der Waals surface area contributed by atoms with Crippen LogP contribution in [0.1, 0.15) is 31.9 Å². The molecule has 2 aromatic rings. The highest BCUT2D eigenvalue weighted by atomic mass is 32.2. The van der Waals surface area contributed by atoms with Gasteiger partial charge in [-0.05, 0) is 30.5 Å². The number of rotatable bonds is 6. The summed E-state index contributed by atoms with van der Waals surface area (Å²) < 4.78 is 0. The molecule has 0 spiro atoms. The third-order valence-corrected chi connectivity index (χ3v) is 4.99. The molecule has 0 bridgehead atoms. The van der Waals surface area contributed by atoms with Crippen molar-refractivity contribution in [3.63, 3.8) is 0 Å². The van der Waals surface area contributed by atoms with Gasteiger partial charge in [0, 0.05) is 34.8 Å². The summed E-state index contributed by atoms with van der Waals surface area (Å²) in [5.74, 6) is 1.10. The Balaban J connectivity index is 2.25. The first-order chi connectivity index (χ1) is 9.26. The van der Waals surface area contributed by atoms with Crippen molar-refractivity contribution < 1.29 is 0 Å². The van der Waals surface area contributed by atoms with E-state index in [-0.39, 0.29) is 0 Å². The van der Waals surface area contributed by atoms with Gasteiger partial charge in [0.05, 0.1) is 0 Å². The van der Waals surface area contributed by atoms with Crippen molar-refractivity contribution >= 4 is 22.5 Å². The molecule has 0 aliphatic heterocycles. The highest BCUT2D eigenvalue weighted by molar-refractivity contribution is 7.99. The molecular formula is C16H22N2S. The van der Waals surface area contributed by atoms with Crippen LogP contribution in [0.15, 0.2) is 36.7 Å². The predicted octanol–water partition coefficient (Wildman–Crippen LogP) is 4.03. The zero-order valence-electron chi connectivity index (χ0n) is 11.9. The topological polar surface area (TPSA) is 24.9 Å². The van der Waals surface area contributed by atoms with E-state index in [2.05, 4.69) is 48.4 Å². The zero-order valence-corrected chi connectivity index (χ0v) is 12.7. The zero-order chi connectivity index (χ0) is 13.7. The average Bonchev–Trinajstić information content (AvgIpc) is 2.47. The van der Waals surface area contributed by atoms with Gasteiger partial charge in [-0.1, -0.05) is 32.0 Å². The number of benzene rings is 1. The summed E-state index contributed by atoms with van der Waals surface area (Å²) in [5.41, 5.74) is 1.35. The van der Waals surface area contributed by atoms with Gasteiger partial charge in [-0.3, -0.25) is 4.98 Å². The van der Waals surface area contributed by atoms with Gasteiger partial charge >= 0.3 is 0 Å². The van der Waals surface area contributed by atoms with Gasteiger partial charge in [0.2, 0.25) is 0 Å². The SMILES string of the molecule is CCC(C)SCC(NC)c1cccc2ccncc12. The smallest absolute Gasteiger partial charge is 0.0416 e. The van der Waals surface area contributed by atoms with E-state index >= 15 is 0 Å². The summed E-state index contributed by atoms with van der Waals surface area (Å²) in [7, 11) is 2.04. The van der Waals surface area contributed by atoms with Crippen molar-refractivity contribution in [3.05, 3.63) is 42.2 Å². The minimum absolute atomic E-state index is 0.381. The van der Waals surface area contributed by atoms with Gasteiger partial charge in [0.15, 0.2) is 0 Å². The lowest BCUT2D eigenvalue weighted by Crippen LogP contribution is -2.20. The van der Waals surface area contributed by atoms with Crippen LogP contribution in [-0.4, -0.2) is 23.0 Å². The molecule has 0 aliphatic rings. The number of pyridine rings is 1. The maximum absolute atomic E-state index is 4.27. The van der Waals surface area contributed by atoms with Crippen LogP contribution in [0.5, 0.6) is 0 Å². The summed E-state index contributed by atoms with van der Waals surface area (Å²) in [6.45, 7) is 4.54. The largest absolute Gasteiger partial charge is 0.312 e. The van der Waals surface area contributed by atoms with E-state index < -0.39 is 0 Å². The molecular weight excluding hydrogens is 252 g/mol. The number of hydrogen-bond acceptors (Lipinski definition) is 3. The quantitative estimate of drug-likeness (QED) is 0.861. The first-order valence-electron chi connectivity index (χ1n) is 6.87. The van der Waals surface area contributed by atoms with Crippen LogP contribution in [-0.2, 0) is 0 Å². The van der Waals surface area contributed by atoms with Gasteiger partial charge in [0.25, 0.3) is 0 Å². The minimum Gasteiger partial charge on any atom is -0.312 e. The van der Waals surface area contributed by atoms with Crippen LogP contribution in [0, 0.1) is 0 Å². The van der Waals surface area contributed by atoms with E-state index in [9.17, 15) is 0 Å². The molecule has 0 saturated heterocycles. The van der Waals surface area contributed by atoms with Crippen molar-refractivity contribution in [2.24, 2.45) is 0 Å². The number of nitrogens with one attached hydrogen (secondary N) is 1. The molecule has 19 heavy (non-hydrogen) atoms. The molecule has 2 unspecified atom stereocenters. The van der Waals surface area contributed by atoms with Crippen LogP contribution >= 0.6 is 11.8 Å². The highest BCUT2D eigenvalue weighted by Gasteiger charge is 2.13. The molecule has 0 aliphatic carbocycles. The van der Waals surface area contributed by atoms with Crippen LogP contribution in [0.2, 0.25) is 0 Å². The fraction of sp³-hybridized carbons (Fsp3) is 0.438. The number of nitrogens with zero attached hydrogens (tertiary/aromatic N) is 1. The molecule has 0 radical (unpaired) electrons. The predicted molar refractivity (Wildman–Crippen MR) is 85.8 cm³/mol. The second-order valence-electron chi connectivity index (χ2n) is 4.84. The molecule has 2 rings (SSSR count). The maximum Gasteiger partial charge on any atom is 0.0416 e. The monoisotopic (exact) mass is 274 g/mol. The number of aromatic nitrogens is 1. The Morgan fingerprint density at radius 1 is 1.32 bits per heavy atom. The fourth-order valence-electron chi connectivity index (χ4n) is 2.15. The molecule has 0 amide bonds. The Morgan fingerprint density at radius 2 is 2.16 bits per heavy atom. The Morgan fingerprint density at radius 3 is 2.89 bits per heavy atom. The maximum atomic E-state index is 4.27. The minimum atomic E-state index is 0.381. The van der Waals surface area contributed by atoms with Gasteiger partial charge in [-0.25, -0.2) is 0 Å². The van der Waals surface area contributed by atoms with Crippen LogP contribution in [0.3, 0.4) is 0 Å². The average molecular weight is 274 g/mol. The Labute approximate surface area is 120 Å². The molecule has 102 valence electrons. The standard InChI is InChI=1S/C16H22N2S/c1-4-12(2)19-11-16(17-3)14-7-5-6-13-8-9-18-10-15(13)14/h5-10,12,16-17H,4,11H2,1-3H3.